The molecule has 1 atom stereocenters. The molecular formula is C18H25N5O. The van der Waals surface area contributed by atoms with Crippen LogP contribution in [0, 0.1) is 5.41 Å². The van der Waals surface area contributed by atoms with Crippen molar-refractivity contribution >= 4 is 5.82 Å². The van der Waals surface area contributed by atoms with Crippen molar-refractivity contribution < 1.29 is 4.74 Å². The number of hydrogen-bond acceptors (Lipinski definition) is 5. The van der Waals surface area contributed by atoms with E-state index in [4.69, 9.17) is 4.74 Å². The molecule has 1 aliphatic heterocycles. The van der Waals surface area contributed by atoms with E-state index in [1.54, 1.807) is 6.33 Å². The summed E-state index contributed by atoms with van der Waals surface area (Å²) >= 11 is 0. The maximum absolute atomic E-state index is 5.47. The molecule has 2 aromatic heterocycles. The van der Waals surface area contributed by atoms with Crippen molar-refractivity contribution in [3.8, 4) is 0 Å². The molecule has 2 aromatic rings. The molecule has 6 heteroatoms. The van der Waals surface area contributed by atoms with Gasteiger partial charge in [-0.25, -0.2) is 15.0 Å². The molecule has 2 fully saturated rings. The number of imidazole rings is 1. The standard InChI is InChI=1S/C18H25N5O/c1-2-17-19-6-7-23(17)12-18(4-5-18)11-20-16-9-15(21-13-22-16)14-3-8-24-10-14/h6-7,9,13-14H,2-5,8,10-12H2,1H3,(H,20,21,22)/t14-/m1/s1. The predicted molar refractivity (Wildman–Crippen MR) is 92.0 cm³/mol. The Balaban J connectivity index is 1.38. The van der Waals surface area contributed by atoms with Crippen molar-refractivity contribution in [2.24, 2.45) is 5.41 Å². The minimum Gasteiger partial charge on any atom is -0.381 e. The van der Waals surface area contributed by atoms with Crippen molar-refractivity contribution in [2.45, 2.75) is 45.1 Å². The number of hydrogen-bond donors (Lipinski definition) is 1. The van der Waals surface area contributed by atoms with E-state index < -0.39 is 0 Å². The Labute approximate surface area is 142 Å². The molecule has 0 bridgehead atoms. The van der Waals surface area contributed by atoms with Crippen molar-refractivity contribution in [1.29, 1.82) is 0 Å². The van der Waals surface area contributed by atoms with Gasteiger partial charge in [-0.3, -0.25) is 0 Å². The van der Waals surface area contributed by atoms with Crippen LogP contribution in [0.25, 0.3) is 0 Å². The number of nitrogens with zero attached hydrogens (tertiary/aromatic N) is 4. The highest BCUT2D eigenvalue weighted by Gasteiger charge is 2.43. The average molecular weight is 327 g/mol. The van der Waals surface area contributed by atoms with Gasteiger partial charge in [-0.05, 0) is 19.3 Å². The van der Waals surface area contributed by atoms with Gasteiger partial charge in [0, 0.05) is 55.9 Å². The molecule has 0 aromatic carbocycles. The van der Waals surface area contributed by atoms with Gasteiger partial charge in [-0.1, -0.05) is 6.92 Å². The smallest absolute Gasteiger partial charge is 0.129 e. The minimum absolute atomic E-state index is 0.339. The zero-order valence-corrected chi connectivity index (χ0v) is 14.2. The zero-order valence-electron chi connectivity index (χ0n) is 14.2. The second kappa shape index (κ2) is 6.51. The number of nitrogens with one attached hydrogen (secondary N) is 1. The summed E-state index contributed by atoms with van der Waals surface area (Å²) in [4.78, 5) is 13.2. The number of aryl methyl sites for hydroxylation is 1. The van der Waals surface area contributed by atoms with Gasteiger partial charge in [0.05, 0.1) is 12.3 Å². The Morgan fingerprint density at radius 2 is 2.25 bits per heavy atom. The first-order valence-corrected chi connectivity index (χ1v) is 8.92. The van der Waals surface area contributed by atoms with Crippen LogP contribution in [0.3, 0.4) is 0 Å². The summed E-state index contributed by atoms with van der Waals surface area (Å²) in [5.41, 5.74) is 1.43. The Morgan fingerprint density at radius 1 is 1.33 bits per heavy atom. The summed E-state index contributed by atoms with van der Waals surface area (Å²) in [7, 11) is 0. The largest absolute Gasteiger partial charge is 0.381 e. The van der Waals surface area contributed by atoms with Crippen LogP contribution in [-0.2, 0) is 17.7 Å². The van der Waals surface area contributed by atoms with Crippen LogP contribution in [0.4, 0.5) is 5.82 Å². The van der Waals surface area contributed by atoms with Gasteiger partial charge in [0.1, 0.15) is 18.0 Å². The first-order chi connectivity index (χ1) is 11.8. The molecule has 24 heavy (non-hydrogen) atoms. The lowest BCUT2D eigenvalue weighted by Gasteiger charge is -2.19. The molecule has 1 N–H and O–H groups in total. The lowest BCUT2D eigenvalue weighted by molar-refractivity contribution is 0.193. The highest BCUT2D eigenvalue weighted by molar-refractivity contribution is 5.36. The maximum Gasteiger partial charge on any atom is 0.129 e. The molecule has 1 saturated carbocycles. The van der Waals surface area contributed by atoms with Crippen LogP contribution in [0.2, 0.25) is 0 Å². The fourth-order valence-electron chi connectivity index (χ4n) is 3.47. The molecule has 3 heterocycles. The molecule has 128 valence electrons. The van der Waals surface area contributed by atoms with Crippen LogP contribution in [0.15, 0.2) is 24.8 Å². The highest BCUT2D eigenvalue weighted by atomic mass is 16.5. The minimum atomic E-state index is 0.339. The van der Waals surface area contributed by atoms with Crippen LogP contribution < -0.4 is 5.32 Å². The van der Waals surface area contributed by atoms with Gasteiger partial charge < -0.3 is 14.6 Å². The number of rotatable bonds is 7. The summed E-state index contributed by atoms with van der Waals surface area (Å²) in [6.07, 6.45) is 10.2. The molecule has 1 aliphatic carbocycles. The van der Waals surface area contributed by atoms with E-state index in [2.05, 4.69) is 44.0 Å². The molecule has 6 nitrogen and oxygen atoms in total. The van der Waals surface area contributed by atoms with Gasteiger partial charge in [-0.15, -0.1) is 0 Å². The topological polar surface area (TPSA) is 64.9 Å². The van der Waals surface area contributed by atoms with Gasteiger partial charge in [0.25, 0.3) is 0 Å². The molecule has 1 saturated heterocycles. The summed E-state index contributed by atoms with van der Waals surface area (Å²) < 4.78 is 7.77. The first kappa shape index (κ1) is 15.6. The van der Waals surface area contributed by atoms with E-state index in [1.165, 1.54) is 18.7 Å². The first-order valence-electron chi connectivity index (χ1n) is 8.92. The van der Waals surface area contributed by atoms with Crippen molar-refractivity contribution in [3.63, 3.8) is 0 Å². The normalized spacial score (nSPS) is 21.8. The second-order valence-electron chi connectivity index (χ2n) is 7.07. The van der Waals surface area contributed by atoms with Crippen LogP contribution in [0.5, 0.6) is 0 Å². The Hall–Kier alpha value is -1.95. The van der Waals surface area contributed by atoms with E-state index in [-0.39, 0.29) is 0 Å². The summed E-state index contributed by atoms with van der Waals surface area (Å²) in [6.45, 7) is 5.77. The van der Waals surface area contributed by atoms with E-state index in [0.717, 1.165) is 50.7 Å². The lowest BCUT2D eigenvalue weighted by Crippen LogP contribution is -2.22. The Kier molecular flexibility index (Phi) is 4.22. The van der Waals surface area contributed by atoms with Gasteiger partial charge in [-0.2, -0.15) is 0 Å². The molecule has 0 radical (unpaired) electrons. The van der Waals surface area contributed by atoms with Crippen LogP contribution in [0.1, 0.15) is 43.6 Å². The molecule has 0 spiro atoms. The molecule has 2 aliphatic rings. The second-order valence-corrected chi connectivity index (χ2v) is 7.07. The third kappa shape index (κ3) is 3.29. The van der Waals surface area contributed by atoms with Crippen molar-refractivity contribution in [1.82, 2.24) is 19.5 Å². The monoisotopic (exact) mass is 327 g/mol. The molecule has 0 amide bonds. The highest BCUT2D eigenvalue weighted by Crippen LogP contribution is 2.47. The fraction of sp³-hybridized carbons (Fsp3) is 0.611. The lowest BCUT2D eigenvalue weighted by atomic mass is 10.0. The number of anilines is 1. The summed E-state index contributed by atoms with van der Waals surface area (Å²) in [6, 6.07) is 2.09. The van der Waals surface area contributed by atoms with E-state index >= 15 is 0 Å². The van der Waals surface area contributed by atoms with Gasteiger partial charge >= 0.3 is 0 Å². The van der Waals surface area contributed by atoms with Crippen LogP contribution in [-0.4, -0.2) is 39.3 Å². The SMILES string of the molecule is CCc1nccn1CC1(CNc2cc([C@@H]3CCOC3)ncn2)CC1. The number of aromatic nitrogens is 4. The fourth-order valence-corrected chi connectivity index (χ4v) is 3.47. The van der Waals surface area contributed by atoms with Gasteiger partial charge in [0.15, 0.2) is 0 Å². The third-order valence-corrected chi connectivity index (χ3v) is 5.26. The van der Waals surface area contributed by atoms with Crippen LogP contribution >= 0.6 is 0 Å². The van der Waals surface area contributed by atoms with Crippen molar-refractivity contribution in [2.75, 3.05) is 25.1 Å². The van der Waals surface area contributed by atoms with E-state index in [0.29, 0.717) is 11.3 Å². The van der Waals surface area contributed by atoms with Crippen molar-refractivity contribution in [3.05, 3.63) is 36.3 Å². The Bertz CT molecular complexity index is 688. The maximum atomic E-state index is 5.47. The Morgan fingerprint density at radius 3 is 3.00 bits per heavy atom. The predicted octanol–water partition coefficient (Wildman–Crippen LogP) is 2.63. The number of ether oxygens (including phenoxy) is 1. The van der Waals surface area contributed by atoms with E-state index in [9.17, 15) is 0 Å². The van der Waals surface area contributed by atoms with E-state index in [1.807, 2.05) is 6.20 Å². The molecular weight excluding hydrogens is 302 g/mol. The van der Waals surface area contributed by atoms with Gasteiger partial charge in [0.2, 0.25) is 0 Å². The summed E-state index contributed by atoms with van der Waals surface area (Å²) in [5.74, 6) is 2.52. The average Bonchev–Trinajstić information content (AvgIpc) is 3.03. The third-order valence-electron chi connectivity index (χ3n) is 5.26. The summed E-state index contributed by atoms with van der Waals surface area (Å²) in [5, 5.41) is 3.54. The quantitative estimate of drug-likeness (QED) is 0.847. The zero-order chi connectivity index (χ0) is 16.4. The molecule has 0 unspecified atom stereocenters. The molecule has 4 rings (SSSR count).